The van der Waals surface area contributed by atoms with Gasteiger partial charge in [0.25, 0.3) is 0 Å². The molecule has 1 heterocycles. The van der Waals surface area contributed by atoms with Gasteiger partial charge in [0.15, 0.2) is 5.84 Å². The van der Waals surface area contributed by atoms with Crippen LogP contribution in [-0.4, -0.2) is 30.2 Å². The minimum absolute atomic E-state index is 0.423. The summed E-state index contributed by atoms with van der Waals surface area (Å²) in [4.78, 5) is 9.40. The van der Waals surface area contributed by atoms with E-state index in [-0.39, 0.29) is 0 Å². The van der Waals surface area contributed by atoms with E-state index in [4.69, 9.17) is 4.99 Å². The van der Waals surface area contributed by atoms with E-state index in [0.29, 0.717) is 5.54 Å². The van der Waals surface area contributed by atoms with Crippen molar-refractivity contribution in [2.75, 3.05) is 13.1 Å². The molecule has 0 spiro atoms. The second-order valence-electron chi connectivity index (χ2n) is 8.24. The lowest BCUT2D eigenvalue weighted by atomic mass is 9.53. The van der Waals surface area contributed by atoms with Crippen molar-refractivity contribution in [1.29, 1.82) is 0 Å². The van der Waals surface area contributed by atoms with Crippen LogP contribution < -0.4 is 5.32 Å². The van der Waals surface area contributed by atoms with Gasteiger partial charge in [-0.3, -0.25) is 4.99 Å². The van der Waals surface area contributed by atoms with E-state index in [0.717, 1.165) is 42.2 Å². The van der Waals surface area contributed by atoms with Crippen LogP contribution in [0.15, 0.2) is 40.3 Å². The van der Waals surface area contributed by atoms with Gasteiger partial charge in [0, 0.05) is 17.6 Å². The maximum atomic E-state index is 4.78. The first kappa shape index (κ1) is 13.9. The molecule has 1 aliphatic heterocycles. The van der Waals surface area contributed by atoms with Gasteiger partial charge in [-0.1, -0.05) is 30.3 Å². The summed E-state index contributed by atoms with van der Waals surface area (Å²) in [7, 11) is 0. The van der Waals surface area contributed by atoms with E-state index >= 15 is 0 Å². The normalized spacial score (nSPS) is 37.8. The van der Waals surface area contributed by atoms with Crippen LogP contribution in [0.1, 0.15) is 44.1 Å². The molecular weight excluding hydrogens is 282 g/mol. The smallest absolute Gasteiger partial charge is 0.154 e. The predicted octanol–water partition coefficient (Wildman–Crippen LogP) is 3.45. The Morgan fingerprint density at radius 3 is 2.26 bits per heavy atom. The number of rotatable bonds is 4. The summed E-state index contributed by atoms with van der Waals surface area (Å²) in [5.74, 6) is 3.90. The third-order valence-electron chi connectivity index (χ3n) is 6.41. The van der Waals surface area contributed by atoms with Crippen molar-refractivity contribution in [2.45, 2.75) is 44.1 Å². The molecule has 0 amide bonds. The SMILES string of the molecule is c1ccc(C2=NCC(CNC34CC5CC(CC(C5)C3)C4)=N2)cc1. The Morgan fingerprint density at radius 2 is 1.61 bits per heavy atom. The molecule has 3 heteroatoms. The molecule has 3 nitrogen and oxygen atoms in total. The van der Waals surface area contributed by atoms with Crippen molar-refractivity contribution in [3.05, 3.63) is 35.9 Å². The van der Waals surface area contributed by atoms with Gasteiger partial charge in [-0.25, -0.2) is 4.99 Å². The predicted molar refractivity (Wildman–Crippen MR) is 94.2 cm³/mol. The second-order valence-corrected chi connectivity index (χ2v) is 8.24. The first-order chi connectivity index (χ1) is 11.3. The van der Waals surface area contributed by atoms with E-state index < -0.39 is 0 Å². The first-order valence-electron chi connectivity index (χ1n) is 9.19. The zero-order valence-corrected chi connectivity index (χ0v) is 13.7. The fourth-order valence-corrected chi connectivity index (χ4v) is 5.84. The van der Waals surface area contributed by atoms with Gasteiger partial charge in [-0.05, 0) is 56.3 Å². The Hall–Kier alpha value is -1.48. The lowest BCUT2D eigenvalue weighted by Gasteiger charge is -2.57. The highest BCUT2D eigenvalue weighted by Gasteiger charge is 2.50. The lowest BCUT2D eigenvalue weighted by molar-refractivity contribution is -0.0173. The van der Waals surface area contributed by atoms with Crippen molar-refractivity contribution in [3.8, 4) is 0 Å². The number of hydrogen-bond acceptors (Lipinski definition) is 3. The first-order valence-corrected chi connectivity index (χ1v) is 9.19. The monoisotopic (exact) mass is 307 g/mol. The molecule has 0 atom stereocenters. The minimum atomic E-state index is 0.423. The molecule has 0 saturated heterocycles. The number of nitrogens with one attached hydrogen (secondary N) is 1. The fraction of sp³-hybridized carbons (Fsp3) is 0.600. The second kappa shape index (κ2) is 5.27. The van der Waals surface area contributed by atoms with Gasteiger partial charge >= 0.3 is 0 Å². The van der Waals surface area contributed by atoms with Gasteiger partial charge in [-0.15, -0.1) is 0 Å². The van der Waals surface area contributed by atoms with Crippen LogP contribution >= 0.6 is 0 Å². The maximum Gasteiger partial charge on any atom is 0.154 e. The highest BCUT2D eigenvalue weighted by atomic mass is 15.1. The Balaban J connectivity index is 1.26. The van der Waals surface area contributed by atoms with Gasteiger partial charge in [0.2, 0.25) is 0 Å². The van der Waals surface area contributed by atoms with Gasteiger partial charge < -0.3 is 5.32 Å². The van der Waals surface area contributed by atoms with Crippen LogP contribution in [-0.2, 0) is 0 Å². The molecule has 23 heavy (non-hydrogen) atoms. The van der Waals surface area contributed by atoms with Crippen LogP contribution in [0.25, 0.3) is 0 Å². The van der Waals surface area contributed by atoms with E-state index in [2.05, 4.69) is 34.6 Å². The van der Waals surface area contributed by atoms with E-state index in [1.807, 2.05) is 6.07 Å². The highest BCUT2D eigenvalue weighted by Crippen LogP contribution is 2.55. The number of benzene rings is 1. The standard InChI is InChI=1S/C20H25N3/c1-2-4-17(5-3-1)19-21-12-18(23-19)13-22-20-9-14-6-15(10-20)8-16(7-14)11-20/h1-5,14-16,22H,6-13H2. The number of aliphatic imine (C=N–C) groups is 2. The summed E-state index contributed by atoms with van der Waals surface area (Å²) in [5.41, 5.74) is 2.77. The van der Waals surface area contributed by atoms with Gasteiger partial charge in [0.1, 0.15) is 0 Å². The molecule has 1 aromatic rings. The quantitative estimate of drug-likeness (QED) is 0.909. The molecule has 6 rings (SSSR count). The van der Waals surface area contributed by atoms with Crippen LogP contribution in [0.4, 0.5) is 0 Å². The van der Waals surface area contributed by atoms with Crippen LogP contribution in [0, 0.1) is 17.8 Å². The topological polar surface area (TPSA) is 36.8 Å². The fourth-order valence-electron chi connectivity index (χ4n) is 5.84. The van der Waals surface area contributed by atoms with Crippen molar-refractivity contribution in [2.24, 2.45) is 27.7 Å². The molecule has 0 aromatic heterocycles. The average Bonchev–Trinajstić information content (AvgIpc) is 3.02. The summed E-state index contributed by atoms with van der Waals surface area (Å²) in [6, 6.07) is 10.3. The lowest BCUT2D eigenvalue weighted by Crippen LogP contribution is -2.59. The van der Waals surface area contributed by atoms with Gasteiger partial charge in [-0.2, -0.15) is 0 Å². The molecule has 4 saturated carbocycles. The zero-order valence-electron chi connectivity index (χ0n) is 13.7. The Labute approximate surface area is 138 Å². The molecule has 1 aromatic carbocycles. The number of hydrogen-bond donors (Lipinski definition) is 1. The molecule has 5 aliphatic rings. The third-order valence-corrected chi connectivity index (χ3v) is 6.41. The third kappa shape index (κ3) is 2.55. The molecule has 1 N–H and O–H groups in total. The van der Waals surface area contributed by atoms with Crippen LogP contribution in [0.3, 0.4) is 0 Å². The number of amidine groups is 1. The van der Waals surface area contributed by atoms with Crippen molar-refractivity contribution >= 4 is 11.5 Å². The molecule has 0 radical (unpaired) electrons. The van der Waals surface area contributed by atoms with Crippen LogP contribution in [0.5, 0.6) is 0 Å². The Morgan fingerprint density at radius 1 is 0.957 bits per heavy atom. The maximum absolute atomic E-state index is 4.78. The summed E-state index contributed by atoms with van der Waals surface area (Å²) in [6.45, 7) is 1.69. The summed E-state index contributed by atoms with van der Waals surface area (Å²) in [5, 5.41) is 3.94. The summed E-state index contributed by atoms with van der Waals surface area (Å²) >= 11 is 0. The van der Waals surface area contributed by atoms with Crippen molar-refractivity contribution < 1.29 is 0 Å². The average molecular weight is 307 g/mol. The summed E-state index contributed by atoms with van der Waals surface area (Å²) < 4.78 is 0. The number of nitrogens with zero attached hydrogens (tertiary/aromatic N) is 2. The molecule has 4 bridgehead atoms. The summed E-state index contributed by atoms with van der Waals surface area (Å²) in [6.07, 6.45) is 8.71. The van der Waals surface area contributed by atoms with E-state index in [9.17, 15) is 0 Å². The molecular formula is C20H25N3. The van der Waals surface area contributed by atoms with E-state index in [1.54, 1.807) is 0 Å². The van der Waals surface area contributed by atoms with Crippen LogP contribution in [0.2, 0.25) is 0 Å². The molecule has 4 aliphatic carbocycles. The largest absolute Gasteiger partial charge is 0.306 e. The van der Waals surface area contributed by atoms with Gasteiger partial charge in [0.05, 0.1) is 12.3 Å². The zero-order chi connectivity index (χ0) is 15.3. The highest BCUT2D eigenvalue weighted by molar-refractivity contribution is 6.12. The molecule has 120 valence electrons. The minimum Gasteiger partial charge on any atom is -0.306 e. The van der Waals surface area contributed by atoms with E-state index in [1.165, 1.54) is 44.2 Å². The van der Waals surface area contributed by atoms with Crippen molar-refractivity contribution in [3.63, 3.8) is 0 Å². The Bertz CT molecular complexity index is 623. The van der Waals surface area contributed by atoms with Crippen molar-refractivity contribution in [1.82, 2.24) is 5.32 Å². The Kier molecular flexibility index (Phi) is 3.19. The molecule has 0 unspecified atom stereocenters. The molecule has 4 fully saturated rings.